The van der Waals surface area contributed by atoms with E-state index in [1.54, 1.807) is 12.1 Å². The summed E-state index contributed by atoms with van der Waals surface area (Å²) in [5.41, 5.74) is 1.36. The van der Waals surface area contributed by atoms with Crippen molar-refractivity contribution in [3.05, 3.63) is 66.0 Å². The van der Waals surface area contributed by atoms with Gasteiger partial charge in [0.1, 0.15) is 17.7 Å². The second-order valence-electron chi connectivity index (χ2n) is 6.75. The predicted molar refractivity (Wildman–Crippen MR) is 88.8 cm³/mol. The summed E-state index contributed by atoms with van der Waals surface area (Å²) in [6.45, 7) is 1.95. The van der Waals surface area contributed by atoms with E-state index in [2.05, 4.69) is 35.2 Å². The van der Waals surface area contributed by atoms with Crippen molar-refractivity contribution >= 4 is 0 Å². The average Bonchev–Trinajstić information content (AvgIpc) is 3.00. The minimum absolute atomic E-state index is 0.211. The van der Waals surface area contributed by atoms with E-state index in [1.807, 2.05) is 0 Å². The van der Waals surface area contributed by atoms with Crippen molar-refractivity contribution in [3.8, 4) is 5.75 Å². The molecule has 2 nitrogen and oxygen atoms in total. The van der Waals surface area contributed by atoms with Crippen LogP contribution in [0.1, 0.15) is 24.8 Å². The van der Waals surface area contributed by atoms with Crippen LogP contribution in [-0.2, 0) is 6.54 Å². The van der Waals surface area contributed by atoms with Crippen LogP contribution in [0.4, 0.5) is 4.39 Å². The Balaban J connectivity index is 1.46. The highest BCUT2D eigenvalue weighted by Crippen LogP contribution is 2.39. The summed E-state index contributed by atoms with van der Waals surface area (Å²) < 4.78 is 19.3. The van der Waals surface area contributed by atoms with Crippen LogP contribution >= 0.6 is 0 Å². The molecular formula is C20H22FNO. The lowest BCUT2D eigenvalue weighted by molar-refractivity contribution is 0.0339. The molecule has 0 aromatic heterocycles. The van der Waals surface area contributed by atoms with Crippen LogP contribution in [0, 0.1) is 11.7 Å². The Morgan fingerprint density at radius 2 is 1.78 bits per heavy atom. The molecule has 0 unspecified atom stereocenters. The molecule has 2 bridgehead atoms. The van der Waals surface area contributed by atoms with E-state index >= 15 is 0 Å². The first-order valence-corrected chi connectivity index (χ1v) is 8.48. The standard InChI is InChI=1S/C20H22FNO/c21-17-7-10-19(11-8-17)23-20-14-22(18-9-6-16(20)12-18)13-15-4-2-1-3-5-15/h1-5,7-8,10-11,16,18,20H,6,9,12-14H2/t16-,18+,20-/m0/s1. The van der Waals surface area contributed by atoms with Crippen molar-refractivity contribution in [1.29, 1.82) is 0 Å². The Morgan fingerprint density at radius 3 is 2.57 bits per heavy atom. The average molecular weight is 311 g/mol. The van der Waals surface area contributed by atoms with Crippen molar-refractivity contribution in [3.63, 3.8) is 0 Å². The van der Waals surface area contributed by atoms with Crippen molar-refractivity contribution < 1.29 is 9.13 Å². The smallest absolute Gasteiger partial charge is 0.123 e. The van der Waals surface area contributed by atoms with Gasteiger partial charge >= 0.3 is 0 Å². The minimum atomic E-state index is -0.215. The van der Waals surface area contributed by atoms with Gasteiger partial charge in [-0.1, -0.05) is 30.3 Å². The van der Waals surface area contributed by atoms with Gasteiger partial charge in [0.05, 0.1) is 0 Å². The van der Waals surface area contributed by atoms with E-state index in [-0.39, 0.29) is 11.9 Å². The lowest BCUT2D eigenvalue weighted by Crippen LogP contribution is -2.47. The number of fused-ring (bicyclic) bond motifs is 2. The zero-order chi connectivity index (χ0) is 15.6. The quantitative estimate of drug-likeness (QED) is 0.836. The van der Waals surface area contributed by atoms with E-state index in [0.717, 1.165) is 18.8 Å². The summed E-state index contributed by atoms with van der Waals surface area (Å²) >= 11 is 0. The van der Waals surface area contributed by atoms with Crippen LogP contribution in [0.5, 0.6) is 5.75 Å². The molecule has 1 aliphatic carbocycles. The number of hydrogen-bond donors (Lipinski definition) is 0. The Kier molecular flexibility index (Phi) is 4.04. The zero-order valence-corrected chi connectivity index (χ0v) is 13.2. The molecule has 1 saturated carbocycles. The number of ether oxygens (including phenoxy) is 1. The van der Waals surface area contributed by atoms with Crippen LogP contribution in [0.3, 0.4) is 0 Å². The van der Waals surface area contributed by atoms with Crippen molar-refractivity contribution in [2.75, 3.05) is 6.54 Å². The van der Waals surface area contributed by atoms with Gasteiger partial charge in [-0.3, -0.25) is 4.90 Å². The summed E-state index contributed by atoms with van der Waals surface area (Å²) in [6, 6.07) is 17.7. The van der Waals surface area contributed by atoms with Crippen molar-refractivity contribution in [1.82, 2.24) is 4.90 Å². The summed E-state index contributed by atoms with van der Waals surface area (Å²) in [4.78, 5) is 2.56. The van der Waals surface area contributed by atoms with Crippen LogP contribution in [0.2, 0.25) is 0 Å². The third kappa shape index (κ3) is 3.25. The largest absolute Gasteiger partial charge is 0.489 e. The van der Waals surface area contributed by atoms with E-state index in [4.69, 9.17) is 4.74 Å². The Hall–Kier alpha value is -1.87. The monoisotopic (exact) mass is 311 g/mol. The molecule has 3 atom stereocenters. The number of piperidine rings is 1. The van der Waals surface area contributed by atoms with Crippen molar-refractivity contribution in [2.45, 2.75) is 38.0 Å². The molecule has 2 aromatic rings. The summed E-state index contributed by atoms with van der Waals surface area (Å²) in [6.07, 6.45) is 3.93. The first-order chi connectivity index (χ1) is 11.3. The first-order valence-electron chi connectivity index (χ1n) is 8.48. The molecule has 2 fully saturated rings. The Labute approximate surface area is 136 Å². The number of hydrogen-bond acceptors (Lipinski definition) is 2. The molecule has 3 heteroatoms. The van der Waals surface area contributed by atoms with Crippen molar-refractivity contribution in [2.24, 2.45) is 5.92 Å². The minimum Gasteiger partial charge on any atom is -0.489 e. The number of halogens is 1. The molecule has 120 valence electrons. The number of benzene rings is 2. The fraction of sp³-hybridized carbons (Fsp3) is 0.400. The van der Waals surface area contributed by atoms with E-state index in [0.29, 0.717) is 12.0 Å². The van der Waals surface area contributed by atoms with Gasteiger partial charge in [-0.05, 0) is 55.0 Å². The third-order valence-corrected chi connectivity index (χ3v) is 5.23. The van der Waals surface area contributed by atoms with E-state index < -0.39 is 0 Å². The Morgan fingerprint density at radius 1 is 1.00 bits per heavy atom. The molecule has 1 aliphatic heterocycles. The van der Waals surface area contributed by atoms with Gasteiger partial charge in [-0.2, -0.15) is 0 Å². The number of likely N-dealkylation sites (tertiary alicyclic amines) is 1. The molecule has 2 aliphatic rings. The molecule has 1 saturated heterocycles. The maximum Gasteiger partial charge on any atom is 0.123 e. The second-order valence-corrected chi connectivity index (χ2v) is 6.75. The zero-order valence-electron chi connectivity index (χ0n) is 13.2. The maximum absolute atomic E-state index is 13.1. The van der Waals surface area contributed by atoms with Gasteiger partial charge in [-0.15, -0.1) is 0 Å². The highest BCUT2D eigenvalue weighted by atomic mass is 19.1. The van der Waals surface area contributed by atoms with E-state index in [1.165, 1.54) is 37.0 Å². The molecule has 0 amide bonds. The van der Waals surface area contributed by atoms with Gasteiger partial charge in [0, 0.05) is 19.1 Å². The molecule has 2 aromatic carbocycles. The Bertz CT molecular complexity index is 642. The van der Waals surface area contributed by atoms with Gasteiger partial charge in [-0.25, -0.2) is 4.39 Å². The van der Waals surface area contributed by atoms with Gasteiger partial charge < -0.3 is 4.74 Å². The normalized spacial score (nSPS) is 27.1. The molecule has 23 heavy (non-hydrogen) atoms. The maximum atomic E-state index is 13.1. The fourth-order valence-electron chi connectivity index (χ4n) is 4.02. The highest BCUT2D eigenvalue weighted by molar-refractivity contribution is 5.23. The second kappa shape index (κ2) is 6.32. The van der Waals surface area contributed by atoms with Crippen LogP contribution < -0.4 is 4.74 Å². The fourth-order valence-corrected chi connectivity index (χ4v) is 4.02. The summed E-state index contributed by atoms with van der Waals surface area (Å²) in [7, 11) is 0. The van der Waals surface area contributed by atoms with Crippen LogP contribution in [-0.4, -0.2) is 23.6 Å². The molecule has 0 spiro atoms. The molecule has 0 N–H and O–H groups in total. The molecular weight excluding hydrogens is 289 g/mol. The lowest BCUT2D eigenvalue weighted by atomic mass is 9.95. The molecule has 1 heterocycles. The van der Waals surface area contributed by atoms with Gasteiger partial charge in [0.15, 0.2) is 0 Å². The lowest BCUT2D eigenvalue weighted by Gasteiger charge is -2.38. The SMILES string of the molecule is Fc1ccc(O[C@H]2CN(Cc3ccccc3)[C@@H]3CC[C@H]2C3)cc1. The molecule has 0 radical (unpaired) electrons. The van der Waals surface area contributed by atoms with E-state index in [9.17, 15) is 4.39 Å². The first kappa shape index (κ1) is 14.7. The topological polar surface area (TPSA) is 12.5 Å². The third-order valence-electron chi connectivity index (χ3n) is 5.23. The van der Waals surface area contributed by atoms with Crippen LogP contribution in [0.25, 0.3) is 0 Å². The highest BCUT2D eigenvalue weighted by Gasteiger charge is 2.41. The molecule has 4 rings (SSSR count). The van der Waals surface area contributed by atoms with Gasteiger partial charge in [0.25, 0.3) is 0 Å². The predicted octanol–water partition coefficient (Wildman–Crippen LogP) is 4.26. The van der Waals surface area contributed by atoms with Gasteiger partial charge in [0.2, 0.25) is 0 Å². The number of nitrogens with zero attached hydrogens (tertiary/aromatic N) is 1. The number of rotatable bonds is 4. The summed E-state index contributed by atoms with van der Waals surface area (Å²) in [5.74, 6) is 1.20. The summed E-state index contributed by atoms with van der Waals surface area (Å²) in [5, 5.41) is 0. The van der Waals surface area contributed by atoms with Crippen LogP contribution in [0.15, 0.2) is 54.6 Å².